The fourth-order valence-corrected chi connectivity index (χ4v) is 3.27. The summed E-state index contributed by atoms with van der Waals surface area (Å²) in [5.41, 5.74) is 2.42. The average molecular weight is 331 g/mol. The second-order valence-electron chi connectivity index (χ2n) is 7.06. The van der Waals surface area contributed by atoms with E-state index in [1.54, 1.807) is 4.57 Å². The third kappa shape index (κ3) is 3.03. The molecule has 1 aromatic carbocycles. The predicted octanol–water partition coefficient (Wildman–Crippen LogP) is 2.57. The van der Waals surface area contributed by atoms with Crippen molar-refractivity contribution in [3.8, 4) is 0 Å². The van der Waals surface area contributed by atoms with Gasteiger partial charge in [-0.25, -0.2) is 0 Å². The lowest BCUT2D eigenvalue weighted by Gasteiger charge is -2.32. The van der Waals surface area contributed by atoms with Crippen molar-refractivity contribution in [3.63, 3.8) is 0 Å². The van der Waals surface area contributed by atoms with Gasteiger partial charge < -0.3 is 9.31 Å². The van der Waals surface area contributed by atoms with Crippen LogP contribution >= 0.6 is 11.3 Å². The molecule has 122 valence electrons. The minimum absolute atomic E-state index is 0.0811. The van der Waals surface area contributed by atoms with Crippen molar-refractivity contribution in [1.82, 2.24) is 4.57 Å². The second kappa shape index (κ2) is 5.62. The summed E-state index contributed by atoms with van der Waals surface area (Å²) in [5.74, 6) is 0. The normalized spacial score (nSPS) is 19.3. The number of nitrogens with zero attached hydrogens (tertiary/aromatic N) is 1. The van der Waals surface area contributed by atoms with Crippen LogP contribution in [-0.2, 0) is 15.9 Å². The van der Waals surface area contributed by atoms with Gasteiger partial charge in [0.15, 0.2) is 0 Å². The quantitative estimate of drug-likeness (QED) is 0.812. The smallest absolute Gasteiger partial charge is 0.399 e. The third-order valence-electron chi connectivity index (χ3n) is 4.82. The third-order valence-corrected chi connectivity index (χ3v) is 5.70. The molecule has 1 aliphatic rings. The summed E-state index contributed by atoms with van der Waals surface area (Å²) < 4.78 is 13.9. The maximum absolute atomic E-state index is 11.8. The molecule has 0 bridgehead atoms. The van der Waals surface area contributed by atoms with Crippen LogP contribution in [-0.4, -0.2) is 22.9 Å². The van der Waals surface area contributed by atoms with E-state index in [1.807, 2.05) is 64.3 Å². The molecular weight excluding hydrogens is 309 g/mol. The van der Waals surface area contributed by atoms with Gasteiger partial charge in [0.05, 0.1) is 17.7 Å². The Bertz CT molecular complexity index is 745. The number of hydrogen-bond donors (Lipinski definition) is 0. The number of aryl methyl sites for hydroxylation is 1. The molecular formula is C17H22BNO3S. The fourth-order valence-electron chi connectivity index (χ4n) is 2.54. The first-order valence-corrected chi connectivity index (χ1v) is 8.67. The SMILES string of the molecule is Cc1csc(=O)n1Cc1ccc(B2OC(C)(C)C(C)(C)O2)cc1. The zero-order valence-electron chi connectivity index (χ0n) is 14.3. The first-order valence-electron chi connectivity index (χ1n) is 7.79. The van der Waals surface area contributed by atoms with E-state index in [-0.39, 0.29) is 23.2 Å². The van der Waals surface area contributed by atoms with Crippen molar-refractivity contribution in [2.45, 2.75) is 52.4 Å². The van der Waals surface area contributed by atoms with Crippen LogP contribution in [0, 0.1) is 6.92 Å². The zero-order valence-corrected chi connectivity index (χ0v) is 15.1. The number of hydrogen-bond acceptors (Lipinski definition) is 4. The van der Waals surface area contributed by atoms with Crippen molar-refractivity contribution in [1.29, 1.82) is 0 Å². The van der Waals surface area contributed by atoms with E-state index in [0.29, 0.717) is 6.54 Å². The van der Waals surface area contributed by atoms with E-state index in [0.717, 1.165) is 16.7 Å². The molecule has 0 aliphatic carbocycles. The van der Waals surface area contributed by atoms with E-state index in [2.05, 4.69) is 0 Å². The van der Waals surface area contributed by atoms with Gasteiger partial charge in [0.25, 0.3) is 0 Å². The molecule has 0 unspecified atom stereocenters. The average Bonchev–Trinajstić information content (AvgIpc) is 2.89. The minimum atomic E-state index is -0.348. The van der Waals surface area contributed by atoms with Crippen molar-refractivity contribution >= 4 is 23.9 Å². The molecule has 1 saturated heterocycles. The summed E-state index contributed by atoms with van der Waals surface area (Å²) in [4.78, 5) is 11.9. The van der Waals surface area contributed by atoms with Crippen LogP contribution in [0.5, 0.6) is 0 Å². The number of benzene rings is 1. The minimum Gasteiger partial charge on any atom is -0.399 e. The van der Waals surface area contributed by atoms with Crippen LogP contribution in [0.15, 0.2) is 34.4 Å². The molecule has 0 saturated carbocycles. The molecule has 0 N–H and O–H groups in total. The van der Waals surface area contributed by atoms with Gasteiger partial charge in [-0.05, 0) is 45.6 Å². The maximum atomic E-state index is 11.8. The Balaban J connectivity index is 1.77. The molecule has 23 heavy (non-hydrogen) atoms. The molecule has 0 amide bonds. The molecule has 1 aliphatic heterocycles. The molecule has 1 aromatic heterocycles. The standard InChI is InChI=1S/C17H22BNO3S/c1-12-11-23-15(20)19(12)10-13-6-8-14(9-7-13)18-21-16(2,3)17(4,5)22-18/h6-9,11H,10H2,1-5H3. The molecule has 2 heterocycles. The van der Waals surface area contributed by atoms with Gasteiger partial charge in [0, 0.05) is 11.1 Å². The highest BCUT2D eigenvalue weighted by atomic mass is 32.1. The summed E-state index contributed by atoms with van der Waals surface area (Å²) in [5, 5.41) is 1.89. The van der Waals surface area contributed by atoms with Crippen LogP contribution in [0.25, 0.3) is 0 Å². The van der Waals surface area contributed by atoms with Crippen LogP contribution in [0.2, 0.25) is 0 Å². The number of thiazole rings is 1. The zero-order chi connectivity index (χ0) is 16.8. The fraction of sp³-hybridized carbons (Fsp3) is 0.471. The summed E-state index contributed by atoms with van der Waals surface area (Å²) in [6.07, 6.45) is 0. The van der Waals surface area contributed by atoms with Crippen molar-refractivity contribution in [2.75, 3.05) is 0 Å². The van der Waals surface area contributed by atoms with E-state index < -0.39 is 0 Å². The number of aromatic nitrogens is 1. The van der Waals surface area contributed by atoms with Crippen LogP contribution in [0.1, 0.15) is 39.0 Å². The largest absolute Gasteiger partial charge is 0.494 e. The van der Waals surface area contributed by atoms with E-state index in [4.69, 9.17) is 9.31 Å². The van der Waals surface area contributed by atoms with Crippen molar-refractivity contribution in [2.24, 2.45) is 0 Å². The van der Waals surface area contributed by atoms with Gasteiger partial charge in [0.2, 0.25) is 0 Å². The molecule has 4 nitrogen and oxygen atoms in total. The topological polar surface area (TPSA) is 40.5 Å². The van der Waals surface area contributed by atoms with Gasteiger partial charge in [-0.3, -0.25) is 9.36 Å². The molecule has 3 rings (SSSR count). The molecule has 1 fully saturated rings. The van der Waals surface area contributed by atoms with Gasteiger partial charge in [0.1, 0.15) is 0 Å². The summed E-state index contributed by atoms with van der Waals surface area (Å²) in [6.45, 7) is 10.7. The lowest BCUT2D eigenvalue weighted by atomic mass is 9.79. The first-order chi connectivity index (χ1) is 10.7. The van der Waals surface area contributed by atoms with Gasteiger partial charge in [-0.2, -0.15) is 0 Å². The molecule has 0 radical (unpaired) electrons. The lowest BCUT2D eigenvalue weighted by molar-refractivity contribution is 0.00578. The van der Waals surface area contributed by atoms with Crippen LogP contribution < -0.4 is 10.3 Å². The van der Waals surface area contributed by atoms with Crippen molar-refractivity contribution < 1.29 is 9.31 Å². The van der Waals surface area contributed by atoms with E-state index >= 15 is 0 Å². The molecule has 0 atom stereocenters. The Labute approximate surface area is 141 Å². The maximum Gasteiger partial charge on any atom is 0.494 e. The first kappa shape index (κ1) is 16.5. The second-order valence-corrected chi connectivity index (χ2v) is 7.88. The number of rotatable bonds is 3. The Morgan fingerprint density at radius 2 is 1.65 bits per heavy atom. The Morgan fingerprint density at radius 3 is 2.13 bits per heavy atom. The van der Waals surface area contributed by atoms with Crippen molar-refractivity contribution in [3.05, 3.63) is 50.6 Å². The monoisotopic (exact) mass is 331 g/mol. The molecule has 2 aromatic rings. The Kier molecular flexibility index (Phi) is 4.03. The van der Waals surface area contributed by atoms with Crippen LogP contribution in [0.4, 0.5) is 0 Å². The van der Waals surface area contributed by atoms with Gasteiger partial charge >= 0.3 is 12.0 Å². The van der Waals surface area contributed by atoms with Gasteiger partial charge in [-0.15, -0.1) is 0 Å². The highest BCUT2D eigenvalue weighted by molar-refractivity contribution is 7.07. The van der Waals surface area contributed by atoms with E-state index in [1.165, 1.54) is 11.3 Å². The van der Waals surface area contributed by atoms with Crippen LogP contribution in [0.3, 0.4) is 0 Å². The Hall–Kier alpha value is -1.37. The van der Waals surface area contributed by atoms with Gasteiger partial charge in [-0.1, -0.05) is 35.6 Å². The van der Waals surface area contributed by atoms with E-state index in [9.17, 15) is 4.79 Å². The summed E-state index contributed by atoms with van der Waals surface area (Å²) >= 11 is 1.24. The summed E-state index contributed by atoms with van der Waals surface area (Å²) in [6, 6.07) is 8.10. The highest BCUT2D eigenvalue weighted by Crippen LogP contribution is 2.36. The highest BCUT2D eigenvalue weighted by Gasteiger charge is 2.51. The summed E-state index contributed by atoms with van der Waals surface area (Å²) in [7, 11) is -0.348. The Morgan fingerprint density at radius 1 is 1.09 bits per heavy atom. The molecule has 6 heteroatoms. The molecule has 0 spiro atoms. The lowest BCUT2D eigenvalue weighted by Crippen LogP contribution is -2.41. The predicted molar refractivity (Wildman–Crippen MR) is 94.6 cm³/mol.